The third kappa shape index (κ3) is 5.14. The zero-order valence-corrected chi connectivity index (χ0v) is 27.9. The second-order valence-electron chi connectivity index (χ2n) is 14.0. The lowest BCUT2D eigenvalue weighted by molar-refractivity contribution is 0.135. The minimum Gasteiger partial charge on any atom is -0.463 e. The molecule has 252 valence electrons. The Labute approximate surface area is 280 Å². The third-order valence-corrected chi connectivity index (χ3v) is 11.4. The van der Waals surface area contributed by atoms with E-state index in [1.807, 2.05) is 14.1 Å². The van der Waals surface area contributed by atoms with E-state index in [-0.39, 0.29) is 80.8 Å². The quantitative estimate of drug-likeness (QED) is 0.247. The molecule has 0 amide bonds. The molecule has 0 radical (unpaired) electrons. The molecule has 3 aromatic heterocycles. The Bertz CT molecular complexity index is 1960. The number of nitrogen functional groups attached to an aromatic ring is 1. The van der Waals surface area contributed by atoms with Crippen LogP contribution in [-0.2, 0) is 18.0 Å². The Morgan fingerprint density at radius 2 is 1.92 bits per heavy atom. The Balaban J connectivity index is 1.32. The van der Waals surface area contributed by atoms with Gasteiger partial charge in [-0.05, 0) is 57.3 Å². The number of anilines is 2. The minimum absolute atomic E-state index is 0.00499. The van der Waals surface area contributed by atoms with E-state index in [4.69, 9.17) is 25.2 Å². The molecule has 2 saturated heterocycles. The van der Waals surface area contributed by atoms with Gasteiger partial charge in [-0.15, -0.1) is 11.3 Å². The number of fused-ring (bicyclic) bond motifs is 6. The number of nitriles is 1. The highest BCUT2D eigenvalue weighted by Crippen LogP contribution is 2.49. The monoisotopic (exact) mass is 676 g/mol. The molecule has 8 rings (SSSR count). The van der Waals surface area contributed by atoms with Gasteiger partial charge in [0.05, 0.1) is 47.4 Å². The van der Waals surface area contributed by atoms with E-state index in [1.54, 1.807) is 0 Å². The van der Waals surface area contributed by atoms with Crippen LogP contribution < -0.4 is 15.4 Å². The van der Waals surface area contributed by atoms with Gasteiger partial charge in [0.15, 0.2) is 11.6 Å². The highest BCUT2D eigenvalue weighted by atomic mass is 32.1. The van der Waals surface area contributed by atoms with Crippen LogP contribution in [-0.4, -0.2) is 95.4 Å². The van der Waals surface area contributed by atoms with Crippen molar-refractivity contribution < 1.29 is 23.4 Å². The lowest BCUT2D eigenvalue weighted by Crippen LogP contribution is -2.54. The molecule has 4 aliphatic rings. The molecule has 6 heterocycles. The lowest BCUT2D eigenvalue weighted by Gasteiger charge is -2.42. The summed E-state index contributed by atoms with van der Waals surface area (Å²) in [5.74, 6) is -0.620. The van der Waals surface area contributed by atoms with Crippen molar-refractivity contribution in [1.29, 1.82) is 5.26 Å². The van der Waals surface area contributed by atoms with Crippen molar-refractivity contribution >= 4 is 43.1 Å². The van der Waals surface area contributed by atoms with Crippen LogP contribution in [0.15, 0.2) is 6.20 Å². The van der Waals surface area contributed by atoms with E-state index < -0.39 is 11.6 Å². The highest BCUT2D eigenvalue weighted by Gasteiger charge is 2.45. The van der Waals surface area contributed by atoms with E-state index in [2.05, 4.69) is 25.8 Å². The second kappa shape index (κ2) is 12.0. The molecule has 4 aromatic rings. The van der Waals surface area contributed by atoms with E-state index in [0.29, 0.717) is 23.4 Å². The van der Waals surface area contributed by atoms with Gasteiger partial charge in [0.2, 0.25) is 0 Å². The first kappa shape index (κ1) is 31.5. The molecule has 14 heteroatoms. The smallest absolute Gasteiger partial charge is 0.319 e. The normalized spacial score (nSPS) is 21.4. The Morgan fingerprint density at radius 1 is 1.17 bits per heavy atom. The van der Waals surface area contributed by atoms with Crippen LogP contribution in [0.1, 0.15) is 48.8 Å². The first-order valence-electron chi connectivity index (χ1n) is 16.5. The molecule has 2 unspecified atom stereocenters. The molecule has 1 aliphatic carbocycles. The number of rotatable bonds is 10. The zero-order valence-electron chi connectivity index (χ0n) is 27.1. The third-order valence-electron chi connectivity index (χ3n) is 10.4. The average Bonchev–Trinajstić information content (AvgIpc) is 3.35. The van der Waals surface area contributed by atoms with Crippen LogP contribution in [0, 0.1) is 28.4 Å². The number of aliphatic hydroxyl groups excluding tert-OH is 1. The number of nitrogens with zero attached hydrogens (tertiary/aromatic N) is 7. The van der Waals surface area contributed by atoms with Gasteiger partial charge < -0.3 is 30.1 Å². The molecule has 11 nitrogen and oxygen atoms in total. The summed E-state index contributed by atoms with van der Waals surface area (Å²) >= 11 is 0.949. The van der Waals surface area contributed by atoms with E-state index in [9.17, 15) is 14.8 Å². The summed E-state index contributed by atoms with van der Waals surface area (Å²) in [6.45, 7) is 4.23. The molecule has 48 heavy (non-hydrogen) atoms. The van der Waals surface area contributed by atoms with Crippen LogP contribution in [0.4, 0.5) is 19.6 Å². The maximum atomic E-state index is 17.4. The summed E-state index contributed by atoms with van der Waals surface area (Å²) in [7, 11) is 4.08. The van der Waals surface area contributed by atoms with Crippen molar-refractivity contribution in [3.8, 4) is 23.3 Å². The molecule has 3 fully saturated rings. The van der Waals surface area contributed by atoms with Crippen molar-refractivity contribution in [1.82, 2.24) is 24.8 Å². The number of thiophene rings is 1. The number of ether oxygens (including phenoxy) is 2. The fraction of sp³-hybridized carbons (Fsp3) is 0.529. The number of hydrogen-bond acceptors (Lipinski definition) is 12. The topological polar surface area (TPSA) is 137 Å². The number of pyridine rings is 1. The maximum absolute atomic E-state index is 17.4. The zero-order chi connectivity index (χ0) is 33.3. The van der Waals surface area contributed by atoms with Crippen LogP contribution >= 0.6 is 11.3 Å². The number of nitrogens with two attached hydrogens (primary N) is 1. The fourth-order valence-corrected chi connectivity index (χ4v) is 9.03. The van der Waals surface area contributed by atoms with Crippen LogP contribution in [0.5, 0.6) is 6.01 Å². The molecule has 0 spiro atoms. The molecule has 3 N–H and O–H groups in total. The summed E-state index contributed by atoms with van der Waals surface area (Å²) in [6, 6.07) is 2.50. The maximum Gasteiger partial charge on any atom is 0.319 e. The Morgan fingerprint density at radius 3 is 2.60 bits per heavy atom. The summed E-state index contributed by atoms with van der Waals surface area (Å²) in [6.07, 6.45) is 5.78. The van der Waals surface area contributed by atoms with Gasteiger partial charge in [-0.1, -0.05) is 0 Å². The number of halogens is 2. The number of aliphatic hydroxyl groups is 1. The second-order valence-corrected chi connectivity index (χ2v) is 15.0. The van der Waals surface area contributed by atoms with Gasteiger partial charge in [0, 0.05) is 61.2 Å². The largest absolute Gasteiger partial charge is 0.463 e. The molecule has 3 aliphatic heterocycles. The van der Waals surface area contributed by atoms with Crippen LogP contribution in [0.25, 0.3) is 32.2 Å². The average molecular weight is 677 g/mol. The Kier molecular flexibility index (Phi) is 7.88. The summed E-state index contributed by atoms with van der Waals surface area (Å²) in [4.78, 5) is 21.0. The number of likely N-dealkylation sites (tertiary alicyclic amines) is 1. The standard InChI is InChI=1S/C34H38F2N8O3S/c1-42(2)16-34(6-7-34)17-47-33-40-29-26(32(41-33)44-18-4-5-19(44)13-43(12-18)8-3-9-45)22-15-46-14-21(22)24(27(29)36)28-25-20(10-37)31(38)48-30(25)23(35)11-39-28/h11,18-19,45H,3-9,12-17,38H2,1-2H3. The van der Waals surface area contributed by atoms with E-state index in [1.165, 1.54) is 0 Å². The summed E-state index contributed by atoms with van der Waals surface area (Å²) in [5.41, 5.74) is 7.93. The molecule has 2 atom stereocenters. The van der Waals surface area contributed by atoms with Gasteiger partial charge >= 0.3 is 6.01 Å². The summed E-state index contributed by atoms with van der Waals surface area (Å²) in [5, 5.41) is 20.3. The fourth-order valence-electron chi connectivity index (χ4n) is 8.10. The molecule has 2 bridgehead atoms. The summed E-state index contributed by atoms with van der Waals surface area (Å²) < 4.78 is 44.9. The number of aromatic nitrogens is 3. The van der Waals surface area contributed by atoms with Crippen molar-refractivity contribution in [2.75, 3.05) is 64.1 Å². The van der Waals surface area contributed by atoms with Crippen molar-refractivity contribution in [2.24, 2.45) is 5.41 Å². The Hall–Kier alpha value is -3.74. The molecular weight excluding hydrogens is 638 g/mol. The first-order valence-corrected chi connectivity index (χ1v) is 17.3. The van der Waals surface area contributed by atoms with E-state index >= 15 is 4.39 Å². The minimum atomic E-state index is -0.639. The first-order chi connectivity index (χ1) is 23.2. The number of benzene rings is 1. The van der Waals surface area contributed by atoms with Crippen molar-refractivity contribution in [2.45, 2.75) is 57.4 Å². The lowest BCUT2D eigenvalue weighted by atomic mass is 9.93. The van der Waals surface area contributed by atoms with Gasteiger partial charge in [-0.3, -0.25) is 9.88 Å². The predicted molar refractivity (Wildman–Crippen MR) is 179 cm³/mol. The van der Waals surface area contributed by atoms with Gasteiger partial charge in [0.1, 0.15) is 22.4 Å². The van der Waals surface area contributed by atoms with Gasteiger partial charge in [-0.2, -0.15) is 15.2 Å². The van der Waals surface area contributed by atoms with Gasteiger partial charge in [0.25, 0.3) is 0 Å². The van der Waals surface area contributed by atoms with Crippen molar-refractivity contribution in [3.05, 3.63) is 34.5 Å². The SMILES string of the molecule is CN(C)CC1(COc2nc(N3C4CCC3CN(CCCO)C4)c3c4c(c(-c5ncc(F)c6sc(N)c(C#N)c56)c(F)c3n2)COC4)CC1. The van der Waals surface area contributed by atoms with Crippen LogP contribution in [0.2, 0.25) is 0 Å². The van der Waals surface area contributed by atoms with Gasteiger partial charge in [-0.25, -0.2) is 8.78 Å². The molecule has 1 aromatic carbocycles. The number of hydrogen-bond donors (Lipinski definition) is 2. The number of piperazine rings is 1. The van der Waals surface area contributed by atoms with E-state index in [0.717, 1.165) is 81.4 Å². The predicted octanol–water partition coefficient (Wildman–Crippen LogP) is 4.42. The molecular formula is C34H38F2N8O3S. The van der Waals surface area contributed by atoms with Crippen LogP contribution in [0.3, 0.4) is 0 Å². The van der Waals surface area contributed by atoms with Crippen molar-refractivity contribution in [3.63, 3.8) is 0 Å². The molecule has 1 saturated carbocycles. The highest BCUT2D eigenvalue weighted by molar-refractivity contribution is 7.23.